The highest BCUT2D eigenvalue weighted by molar-refractivity contribution is 5.86. The highest BCUT2D eigenvalue weighted by atomic mass is 16.6. The number of hydrogen-bond acceptors (Lipinski definition) is 9. The van der Waals surface area contributed by atoms with Crippen molar-refractivity contribution in [2.24, 2.45) is 0 Å². The largest absolute Gasteiger partial charge is 0.489 e. The number of ether oxygens (including phenoxy) is 2. The Balaban J connectivity index is 1.34. The zero-order chi connectivity index (χ0) is 20.0. The molecule has 0 amide bonds. The molecule has 1 aliphatic heterocycles. The summed E-state index contributed by atoms with van der Waals surface area (Å²) in [5, 5.41) is 21.6. The summed E-state index contributed by atoms with van der Waals surface area (Å²) in [6.07, 6.45) is 2.42. The van der Waals surface area contributed by atoms with E-state index < -0.39 is 24.5 Å². The summed E-state index contributed by atoms with van der Waals surface area (Å²) in [4.78, 5) is 16.7. The van der Waals surface area contributed by atoms with E-state index in [1.807, 2.05) is 12.1 Å². The number of aromatic nitrogens is 5. The maximum Gasteiger partial charge on any atom is 0.164 e. The first-order valence-electron chi connectivity index (χ1n) is 9.04. The second kappa shape index (κ2) is 6.92. The Hall–Kier alpha value is -3.34. The monoisotopic (exact) mass is 394 g/mol. The predicted molar refractivity (Wildman–Crippen MR) is 103 cm³/mol. The van der Waals surface area contributed by atoms with Gasteiger partial charge in [-0.3, -0.25) is 9.97 Å². The molecular weight excluding hydrogens is 376 g/mol. The van der Waals surface area contributed by atoms with Crippen molar-refractivity contribution in [2.75, 3.05) is 12.3 Å². The Labute approximate surface area is 164 Å². The molecule has 5 heterocycles. The fourth-order valence-electron chi connectivity index (χ4n) is 3.48. The number of rotatable bonds is 4. The van der Waals surface area contributed by atoms with Crippen molar-refractivity contribution < 1.29 is 19.7 Å². The number of fused-ring (bicyclic) bond motifs is 2. The minimum atomic E-state index is -1.16. The van der Waals surface area contributed by atoms with E-state index in [4.69, 9.17) is 15.2 Å². The quantitative estimate of drug-likeness (QED) is 0.455. The summed E-state index contributed by atoms with van der Waals surface area (Å²) in [7, 11) is 0. The molecule has 0 spiro atoms. The summed E-state index contributed by atoms with van der Waals surface area (Å²) in [5.74, 6) is 0.830. The molecule has 0 saturated carbocycles. The molecule has 10 heteroatoms. The van der Waals surface area contributed by atoms with Gasteiger partial charge in [-0.05, 0) is 18.2 Å². The highest BCUT2D eigenvalue weighted by Crippen LogP contribution is 2.33. The van der Waals surface area contributed by atoms with Gasteiger partial charge in [0.15, 0.2) is 6.23 Å². The van der Waals surface area contributed by atoms with Crippen LogP contribution in [-0.2, 0) is 4.74 Å². The van der Waals surface area contributed by atoms with Gasteiger partial charge in [0.05, 0.1) is 22.6 Å². The van der Waals surface area contributed by atoms with E-state index in [0.29, 0.717) is 28.1 Å². The van der Waals surface area contributed by atoms with Gasteiger partial charge in [0.1, 0.15) is 48.5 Å². The summed E-state index contributed by atoms with van der Waals surface area (Å²) in [5.41, 5.74) is 7.83. The number of pyridine rings is 2. The van der Waals surface area contributed by atoms with E-state index in [1.54, 1.807) is 35.3 Å². The second-order valence-corrected chi connectivity index (χ2v) is 6.79. The van der Waals surface area contributed by atoms with Crippen molar-refractivity contribution in [3.8, 4) is 5.75 Å². The lowest BCUT2D eigenvalue weighted by Gasteiger charge is -2.17. The Morgan fingerprint density at radius 2 is 2.00 bits per heavy atom. The van der Waals surface area contributed by atoms with Gasteiger partial charge in [-0.15, -0.1) is 0 Å². The average molecular weight is 394 g/mol. The molecule has 0 radical (unpaired) electrons. The third kappa shape index (κ3) is 3.03. The Morgan fingerprint density at radius 3 is 2.90 bits per heavy atom. The van der Waals surface area contributed by atoms with Gasteiger partial charge >= 0.3 is 0 Å². The molecule has 29 heavy (non-hydrogen) atoms. The molecule has 4 N–H and O–H groups in total. The summed E-state index contributed by atoms with van der Waals surface area (Å²) in [6.45, 7) is 0.0328. The highest BCUT2D eigenvalue weighted by Gasteiger charge is 2.44. The molecule has 4 aromatic heterocycles. The first-order chi connectivity index (χ1) is 14.1. The van der Waals surface area contributed by atoms with Crippen molar-refractivity contribution in [3.05, 3.63) is 49.2 Å². The molecule has 1 saturated heterocycles. The third-order valence-corrected chi connectivity index (χ3v) is 4.99. The lowest BCUT2D eigenvalue weighted by Crippen LogP contribution is -2.34. The molecule has 0 bridgehead atoms. The van der Waals surface area contributed by atoms with Gasteiger partial charge in [-0.1, -0.05) is 0 Å². The number of nitrogens with zero attached hydrogens (tertiary/aromatic N) is 5. The van der Waals surface area contributed by atoms with E-state index in [1.165, 1.54) is 6.33 Å². The number of hydrogen-bond donors (Lipinski definition) is 3. The smallest absolute Gasteiger partial charge is 0.164 e. The van der Waals surface area contributed by atoms with Crippen LogP contribution in [0.3, 0.4) is 0 Å². The van der Waals surface area contributed by atoms with E-state index in [0.717, 1.165) is 5.52 Å². The van der Waals surface area contributed by atoms with Crippen molar-refractivity contribution >= 4 is 27.9 Å². The van der Waals surface area contributed by atoms with Crippen LogP contribution in [0.1, 0.15) is 6.23 Å². The molecule has 1 aliphatic rings. The van der Waals surface area contributed by atoms with Crippen LogP contribution in [0.5, 0.6) is 5.75 Å². The zero-order valence-electron chi connectivity index (χ0n) is 15.2. The first-order valence-corrected chi connectivity index (χ1v) is 9.04. The van der Waals surface area contributed by atoms with Gasteiger partial charge in [-0.2, -0.15) is 0 Å². The van der Waals surface area contributed by atoms with Crippen LogP contribution in [0.2, 0.25) is 0 Å². The molecule has 1 fully saturated rings. The molecule has 10 nitrogen and oxygen atoms in total. The average Bonchev–Trinajstić information content (AvgIpc) is 3.29. The Kier molecular flexibility index (Phi) is 4.23. The molecule has 4 atom stereocenters. The maximum atomic E-state index is 10.5. The fraction of sp³-hybridized carbons (Fsp3) is 0.263. The number of anilines is 1. The SMILES string of the molecule is Nc1ncnc2c1ccn2[C@@H]1O[C@H](COc2cnc3cccnc3c2)[C@@H](O)[C@H]1O. The van der Waals surface area contributed by atoms with Crippen molar-refractivity contribution in [1.29, 1.82) is 0 Å². The van der Waals surface area contributed by atoms with Crippen LogP contribution in [0.25, 0.3) is 22.1 Å². The fourth-order valence-corrected chi connectivity index (χ4v) is 3.48. The van der Waals surface area contributed by atoms with E-state index in [2.05, 4.69) is 19.9 Å². The second-order valence-electron chi connectivity index (χ2n) is 6.79. The van der Waals surface area contributed by atoms with E-state index in [9.17, 15) is 10.2 Å². The third-order valence-electron chi connectivity index (χ3n) is 4.99. The van der Waals surface area contributed by atoms with Crippen LogP contribution in [0, 0.1) is 0 Å². The van der Waals surface area contributed by atoms with Crippen molar-refractivity contribution in [1.82, 2.24) is 24.5 Å². The number of nitrogens with two attached hydrogens (primary N) is 1. The van der Waals surface area contributed by atoms with Gasteiger partial charge in [0, 0.05) is 18.5 Å². The molecule has 4 aromatic rings. The van der Waals surface area contributed by atoms with Crippen LogP contribution < -0.4 is 10.5 Å². The van der Waals surface area contributed by atoms with Crippen molar-refractivity contribution in [2.45, 2.75) is 24.5 Å². The molecular formula is C19H18N6O4. The van der Waals surface area contributed by atoms with Crippen LogP contribution in [0.15, 0.2) is 49.2 Å². The molecule has 148 valence electrons. The standard InChI is InChI=1S/C19H18N6O4/c20-17-11-3-5-25(18(11)24-9-23-17)19-16(27)15(26)14(29-19)8-28-10-6-13-12(22-7-10)2-1-4-21-13/h1-7,9,14-16,19,26-27H,8H2,(H2,20,23,24)/t14-,15-,16-,19-/m1/s1. The normalized spacial score (nSPS) is 24.3. The van der Waals surface area contributed by atoms with Gasteiger partial charge in [0.25, 0.3) is 0 Å². The first kappa shape index (κ1) is 17.7. The minimum Gasteiger partial charge on any atom is -0.489 e. The predicted octanol–water partition coefficient (Wildman–Crippen LogP) is 0.655. The lowest BCUT2D eigenvalue weighted by atomic mass is 10.1. The van der Waals surface area contributed by atoms with Crippen molar-refractivity contribution in [3.63, 3.8) is 0 Å². The van der Waals surface area contributed by atoms with Gasteiger partial charge in [0.2, 0.25) is 0 Å². The lowest BCUT2D eigenvalue weighted by molar-refractivity contribution is -0.0472. The topological polar surface area (TPSA) is 141 Å². The summed E-state index contributed by atoms with van der Waals surface area (Å²) >= 11 is 0. The van der Waals surface area contributed by atoms with Crippen LogP contribution >= 0.6 is 0 Å². The minimum absolute atomic E-state index is 0.0328. The number of aliphatic hydroxyl groups is 2. The maximum absolute atomic E-state index is 10.5. The van der Waals surface area contributed by atoms with Gasteiger partial charge < -0.3 is 30.0 Å². The van der Waals surface area contributed by atoms with E-state index in [-0.39, 0.29) is 6.61 Å². The zero-order valence-corrected chi connectivity index (χ0v) is 15.2. The number of nitrogen functional groups attached to an aromatic ring is 1. The van der Waals surface area contributed by atoms with Gasteiger partial charge in [-0.25, -0.2) is 9.97 Å². The van der Waals surface area contributed by atoms with Crippen LogP contribution in [-0.4, -0.2) is 59.6 Å². The molecule has 0 aromatic carbocycles. The van der Waals surface area contributed by atoms with Crippen LogP contribution in [0.4, 0.5) is 5.82 Å². The molecule has 0 aliphatic carbocycles. The summed E-state index contributed by atoms with van der Waals surface area (Å²) in [6, 6.07) is 7.17. The molecule has 5 rings (SSSR count). The summed E-state index contributed by atoms with van der Waals surface area (Å²) < 4.78 is 13.3. The Morgan fingerprint density at radius 1 is 1.10 bits per heavy atom. The van der Waals surface area contributed by atoms with E-state index >= 15 is 0 Å². The number of aliphatic hydroxyl groups excluding tert-OH is 2. The molecule has 0 unspecified atom stereocenters. The Bertz CT molecular complexity index is 1180.